The number of carboxylic acids is 1. The molecule has 2 amide bonds. The molecule has 0 saturated carbocycles. The number of methoxy groups -OCH3 is 1. The van der Waals surface area contributed by atoms with Crippen LogP contribution in [0.15, 0.2) is 0 Å². The Hall–Kier alpha value is -0.950. The van der Waals surface area contributed by atoms with E-state index in [0.717, 1.165) is 11.5 Å². The van der Waals surface area contributed by atoms with Crippen molar-refractivity contribution in [3.05, 3.63) is 0 Å². The van der Waals surface area contributed by atoms with Crippen LogP contribution in [-0.4, -0.2) is 78.3 Å². The van der Waals surface area contributed by atoms with Gasteiger partial charge >= 0.3 is 12.0 Å². The van der Waals surface area contributed by atoms with Gasteiger partial charge in [-0.1, -0.05) is 0 Å². The predicted molar refractivity (Wildman–Crippen MR) is 65.4 cm³/mol. The summed E-state index contributed by atoms with van der Waals surface area (Å²) in [6.07, 6.45) is 0. The number of carboxylic acid groups (broad SMARTS) is 1. The zero-order valence-electron chi connectivity index (χ0n) is 9.92. The molecule has 0 unspecified atom stereocenters. The highest BCUT2D eigenvalue weighted by atomic mass is 32.2. The molecule has 1 heterocycles. The van der Waals surface area contributed by atoms with E-state index in [9.17, 15) is 9.59 Å². The van der Waals surface area contributed by atoms with E-state index in [-0.39, 0.29) is 12.6 Å². The van der Waals surface area contributed by atoms with Crippen molar-refractivity contribution >= 4 is 23.8 Å². The Balaban J connectivity index is 2.53. The minimum Gasteiger partial charge on any atom is -0.480 e. The molecular weight excluding hydrogens is 244 g/mol. The van der Waals surface area contributed by atoms with E-state index in [1.165, 1.54) is 12.0 Å². The quantitative estimate of drug-likeness (QED) is 0.766. The first-order valence-electron chi connectivity index (χ1n) is 5.47. The van der Waals surface area contributed by atoms with Crippen LogP contribution in [0.25, 0.3) is 0 Å². The maximum Gasteiger partial charge on any atom is 0.323 e. The third-order valence-corrected chi connectivity index (χ3v) is 3.39. The maximum atomic E-state index is 12.1. The van der Waals surface area contributed by atoms with Gasteiger partial charge in [-0.15, -0.1) is 0 Å². The average Bonchev–Trinajstić information content (AvgIpc) is 2.34. The van der Waals surface area contributed by atoms with E-state index in [4.69, 9.17) is 9.84 Å². The number of rotatable bonds is 5. The van der Waals surface area contributed by atoms with Gasteiger partial charge in [-0.3, -0.25) is 4.79 Å². The van der Waals surface area contributed by atoms with Gasteiger partial charge < -0.3 is 19.6 Å². The normalized spacial score (nSPS) is 15.7. The number of urea groups is 1. The van der Waals surface area contributed by atoms with Crippen molar-refractivity contribution in [2.24, 2.45) is 0 Å². The number of carbonyl (C=O) groups is 2. The average molecular weight is 262 g/mol. The number of aliphatic carboxylic acids is 1. The van der Waals surface area contributed by atoms with Crippen LogP contribution >= 0.6 is 11.8 Å². The van der Waals surface area contributed by atoms with Crippen molar-refractivity contribution in [1.82, 2.24) is 9.80 Å². The number of amides is 2. The Morgan fingerprint density at radius 2 is 2.06 bits per heavy atom. The van der Waals surface area contributed by atoms with Crippen LogP contribution in [0.2, 0.25) is 0 Å². The van der Waals surface area contributed by atoms with Gasteiger partial charge in [0, 0.05) is 38.2 Å². The minimum atomic E-state index is -0.999. The second kappa shape index (κ2) is 7.39. The number of carbonyl (C=O) groups excluding carboxylic acids is 1. The van der Waals surface area contributed by atoms with Gasteiger partial charge in [0.15, 0.2) is 0 Å². The lowest BCUT2D eigenvalue weighted by molar-refractivity contribution is -0.137. The van der Waals surface area contributed by atoms with E-state index in [2.05, 4.69) is 0 Å². The number of thioether (sulfide) groups is 1. The lowest BCUT2D eigenvalue weighted by Crippen LogP contribution is -2.49. The Bertz CT molecular complexity index is 269. The number of hydrogen-bond donors (Lipinski definition) is 1. The van der Waals surface area contributed by atoms with Gasteiger partial charge in [0.25, 0.3) is 0 Å². The molecule has 0 spiro atoms. The van der Waals surface area contributed by atoms with E-state index >= 15 is 0 Å². The van der Waals surface area contributed by atoms with E-state index in [0.29, 0.717) is 26.2 Å². The third-order valence-electron chi connectivity index (χ3n) is 2.44. The summed E-state index contributed by atoms with van der Waals surface area (Å²) in [5.41, 5.74) is 0. The molecule has 0 atom stereocenters. The van der Waals surface area contributed by atoms with Gasteiger partial charge in [-0.25, -0.2) is 4.79 Å². The van der Waals surface area contributed by atoms with Crippen LogP contribution in [0, 0.1) is 0 Å². The molecule has 0 aromatic carbocycles. The smallest absolute Gasteiger partial charge is 0.323 e. The summed E-state index contributed by atoms with van der Waals surface area (Å²) in [5.74, 6) is 0.828. The van der Waals surface area contributed by atoms with Gasteiger partial charge in [0.05, 0.1) is 6.61 Å². The second-order valence-corrected chi connectivity index (χ2v) is 4.91. The van der Waals surface area contributed by atoms with Crippen LogP contribution in [0.4, 0.5) is 4.79 Å². The first-order chi connectivity index (χ1) is 8.15. The van der Waals surface area contributed by atoms with Gasteiger partial charge in [-0.05, 0) is 0 Å². The van der Waals surface area contributed by atoms with Crippen LogP contribution in [0.3, 0.4) is 0 Å². The fourth-order valence-corrected chi connectivity index (χ4v) is 2.46. The molecule has 1 fully saturated rings. The molecule has 1 rings (SSSR count). The summed E-state index contributed by atoms with van der Waals surface area (Å²) in [4.78, 5) is 25.8. The van der Waals surface area contributed by atoms with Crippen LogP contribution in [0.5, 0.6) is 0 Å². The molecule has 1 N–H and O–H groups in total. The van der Waals surface area contributed by atoms with E-state index < -0.39 is 5.97 Å². The largest absolute Gasteiger partial charge is 0.480 e. The Labute approximate surface area is 105 Å². The fourth-order valence-electron chi connectivity index (χ4n) is 1.56. The van der Waals surface area contributed by atoms with Crippen molar-refractivity contribution < 1.29 is 19.4 Å². The Kier molecular flexibility index (Phi) is 6.13. The summed E-state index contributed by atoms with van der Waals surface area (Å²) in [7, 11) is 1.53. The first-order valence-corrected chi connectivity index (χ1v) is 6.63. The van der Waals surface area contributed by atoms with Crippen LogP contribution < -0.4 is 0 Å². The predicted octanol–water partition coefficient (Wildman–Crippen LogP) is 0.188. The minimum absolute atomic E-state index is 0.204. The molecule has 0 aliphatic carbocycles. The molecule has 0 aromatic rings. The highest BCUT2D eigenvalue weighted by molar-refractivity contribution is 7.99. The van der Waals surface area contributed by atoms with E-state index in [1.54, 1.807) is 16.7 Å². The topological polar surface area (TPSA) is 70.1 Å². The summed E-state index contributed by atoms with van der Waals surface area (Å²) in [5, 5.41) is 8.77. The number of nitrogens with zero attached hydrogens (tertiary/aromatic N) is 2. The third kappa shape index (κ3) is 4.82. The SMILES string of the molecule is COCCN(CC(=O)O)C(=O)N1CCSCC1. The lowest BCUT2D eigenvalue weighted by atomic mass is 10.4. The summed E-state index contributed by atoms with van der Waals surface area (Å²) < 4.78 is 4.88. The van der Waals surface area contributed by atoms with Crippen molar-refractivity contribution in [3.8, 4) is 0 Å². The van der Waals surface area contributed by atoms with Gasteiger partial charge in [-0.2, -0.15) is 11.8 Å². The Morgan fingerprint density at radius 1 is 1.41 bits per heavy atom. The molecule has 7 heteroatoms. The summed E-state index contributed by atoms with van der Waals surface area (Å²) in [6, 6.07) is -0.204. The maximum absolute atomic E-state index is 12.1. The summed E-state index contributed by atoms with van der Waals surface area (Å²) in [6.45, 7) is 1.76. The van der Waals surface area contributed by atoms with Gasteiger partial charge in [0.1, 0.15) is 6.54 Å². The molecule has 1 aliphatic rings. The zero-order valence-corrected chi connectivity index (χ0v) is 10.7. The molecule has 0 aromatic heterocycles. The molecular formula is C10H18N2O4S. The molecule has 0 bridgehead atoms. The zero-order chi connectivity index (χ0) is 12.7. The van der Waals surface area contributed by atoms with E-state index in [1.807, 2.05) is 0 Å². The molecule has 1 aliphatic heterocycles. The second-order valence-electron chi connectivity index (χ2n) is 3.69. The van der Waals surface area contributed by atoms with Crippen LogP contribution in [0.1, 0.15) is 0 Å². The molecule has 17 heavy (non-hydrogen) atoms. The first kappa shape index (κ1) is 14.1. The van der Waals surface area contributed by atoms with Crippen LogP contribution in [-0.2, 0) is 9.53 Å². The lowest BCUT2D eigenvalue weighted by Gasteiger charge is -2.31. The number of hydrogen-bond acceptors (Lipinski definition) is 4. The van der Waals surface area contributed by atoms with Crippen molar-refractivity contribution in [2.75, 3.05) is 51.4 Å². The molecule has 0 radical (unpaired) electrons. The standard InChI is InChI=1S/C10H18N2O4S/c1-16-5-2-12(8-9(13)14)10(15)11-3-6-17-7-4-11/h2-8H2,1H3,(H,13,14). The Morgan fingerprint density at radius 3 is 2.59 bits per heavy atom. The number of ether oxygens (including phenoxy) is 1. The molecule has 1 saturated heterocycles. The fraction of sp³-hybridized carbons (Fsp3) is 0.800. The van der Waals surface area contributed by atoms with Crippen molar-refractivity contribution in [3.63, 3.8) is 0 Å². The van der Waals surface area contributed by atoms with Gasteiger partial charge in [0.2, 0.25) is 0 Å². The summed E-state index contributed by atoms with van der Waals surface area (Å²) >= 11 is 1.81. The monoisotopic (exact) mass is 262 g/mol. The highest BCUT2D eigenvalue weighted by Gasteiger charge is 2.23. The van der Waals surface area contributed by atoms with Crippen molar-refractivity contribution in [2.45, 2.75) is 0 Å². The van der Waals surface area contributed by atoms with Crippen molar-refractivity contribution in [1.29, 1.82) is 0 Å². The highest BCUT2D eigenvalue weighted by Crippen LogP contribution is 2.11. The molecule has 6 nitrogen and oxygen atoms in total. The molecule has 98 valence electrons.